The first-order valence-corrected chi connectivity index (χ1v) is 14.9. The Hall–Kier alpha value is -3.98. The first-order valence-electron chi connectivity index (χ1n) is 14.9. The lowest BCUT2D eigenvalue weighted by Gasteiger charge is -2.25. The molecule has 3 nitrogen and oxygen atoms in total. The summed E-state index contributed by atoms with van der Waals surface area (Å²) in [6.07, 6.45) is 4.48. The summed E-state index contributed by atoms with van der Waals surface area (Å²) in [6.45, 7) is 18.3. The van der Waals surface area contributed by atoms with Crippen LogP contribution in [0.4, 0.5) is 0 Å². The van der Waals surface area contributed by atoms with Gasteiger partial charge < -0.3 is 0 Å². The third-order valence-electron chi connectivity index (χ3n) is 8.94. The molecule has 0 fully saturated rings. The Bertz CT molecular complexity index is 1760. The number of hydrogen-bond acceptors (Lipinski definition) is 1. The molecule has 1 aliphatic rings. The predicted octanol–water partition coefficient (Wildman–Crippen LogP) is 9.20. The van der Waals surface area contributed by atoms with Crippen molar-refractivity contribution in [2.24, 2.45) is 7.05 Å². The minimum Gasteiger partial charge on any atom is -0.257 e. The Morgan fingerprint density at radius 1 is 0.780 bits per heavy atom. The third-order valence-corrected chi connectivity index (χ3v) is 8.94. The molecule has 3 heteroatoms. The van der Waals surface area contributed by atoms with E-state index in [9.17, 15) is 0 Å². The molecule has 6 rings (SSSR count). The highest BCUT2D eigenvalue weighted by molar-refractivity contribution is 5.87. The van der Waals surface area contributed by atoms with Crippen LogP contribution in [0.5, 0.6) is 0 Å². The molecule has 5 aromatic rings. The summed E-state index contributed by atoms with van der Waals surface area (Å²) in [5.74, 6) is 1.94. The minimum atomic E-state index is -0.209. The maximum atomic E-state index is 5.08. The van der Waals surface area contributed by atoms with Crippen molar-refractivity contribution in [1.29, 1.82) is 0 Å². The monoisotopic (exact) mass is 540 g/mol. The van der Waals surface area contributed by atoms with Crippen molar-refractivity contribution in [3.05, 3.63) is 113 Å². The lowest BCUT2D eigenvalue weighted by atomic mass is 9.80. The van der Waals surface area contributed by atoms with Crippen LogP contribution < -0.4 is 4.57 Å². The van der Waals surface area contributed by atoms with Gasteiger partial charge in [0.25, 0.3) is 5.82 Å². The molecule has 41 heavy (non-hydrogen) atoms. The van der Waals surface area contributed by atoms with E-state index in [1.165, 1.54) is 67.3 Å². The van der Waals surface area contributed by atoms with E-state index in [1.807, 2.05) is 0 Å². The van der Waals surface area contributed by atoms with Crippen molar-refractivity contribution in [2.75, 3.05) is 0 Å². The van der Waals surface area contributed by atoms with Crippen molar-refractivity contribution in [3.63, 3.8) is 0 Å². The second kappa shape index (κ2) is 9.83. The molecule has 2 aromatic heterocycles. The predicted molar refractivity (Wildman–Crippen MR) is 171 cm³/mol. The van der Waals surface area contributed by atoms with Gasteiger partial charge in [-0.15, -0.1) is 0 Å². The van der Waals surface area contributed by atoms with Gasteiger partial charge in [0.05, 0.1) is 18.3 Å². The Morgan fingerprint density at radius 2 is 1.41 bits per heavy atom. The molecular formula is C38H42N3+. The van der Waals surface area contributed by atoms with E-state index in [1.54, 1.807) is 0 Å². The zero-order valence-electron chi connectivity index (χ0n) is 26.0. The van der Waals surface area contributed by atoms with Crippen molar-refractivity contribution in [3.8, 4) is 39.3 Å². The first-order chi connectivity index (χ1) is 19.5. The van der Waals surface area contributed by atoms with Gasteiger partial charge in [0.2, 0.25) is 0 Å². The average molecular weight is 541 g/mol. The highest BCUT2D eigenvalue weighted by Crippen LogP contribution is 2.52. The van der Waals surface area contributed by atoms with Crippen molar-refractivity contribution in [2.45, 2.75) is 72.6 Å². The molecule has 0 saturated heterocycles. The number of pyridine rings is 1. The minimum absolute atomic E-state index is 0.209. The maximum absolute atomic E-state index is 5.08. The van der Waals surface area contributed by atoms with E-state index in [-0.39, 0.29) is 5.41 Å². The van der Waals surface area contributed by atoms with Crippen LogP contribution in [-0.2, 0) is 12.5 Å². The van der Waals surface area contributed by atoms with E-state index in [2.05, 4.69) is 151 Å². The molecule has 208 valence electrons. The number of rotatable bonds is 5. The molecule has 0 amide bonds. The van der Waals surface area contributed by atoms with Crippen LogP contribution in [0.15, 0.2) is 79.1 Å². The molecule has 0 spiro atoms. The van der Waals surface area contributed by atoms with Gasteiger partial charge in [0.1, 0.15) is 18.1 Å². The molecule has 0 N–H and O–H groups in total. The summed E-state index contributed by atoms with van der Waals surface area (Å²) in [5.41, 5.74) is 15.2. The Morgan fingerprint density at radius 3 is 2.05 bits per heavy atom. The molecule has 3 aromatic carbocycles. The lowest BCUT2D eigenvalue weighted by molar-refractivity contribution is -0.659. The van der Waals surface area contributed by atoms with E-state index in [0.717, 1.165) is 5.69 Å². The maximum Gasteiger partial charge on any atom is 0.294 e. The van der Waals surface area contributed by atoms with E-state index in [4.69, 9.17) is 4.98 Å². The topological polar surface area (TPSA) is 21.7 Å². The quantitative estimate of drug-likeness (QED) is 0.204. The second-order valence-electron chi connectivity index (χ2n) is 12.9. The molecule has 2 heterocycles. The molecule has 0 bridgehead atoms. The van der Waals surface area contributed by atoms with E-state index < -0.39 is 0 Å². The summed E-state index contributed by atoms with van der Waals surface area (Å²) in [5, 5.41) is 0. The number of aryl methyl sites for hydroxylation is 3. The van der Waals surface area contributed by atoms with Crippen LogP contribution in [-0.4, -0.2) is 9.55 Å². The highest BCUT2D eigenvalue weighted by Gasteiger charge is 2.42. The number of imidazole rings is 1. The molecule has 0 radical (unpaired) electrons. The fraction of sp³-hybridized carbons (Fsp3) is 0.316. The van der Waals surface area contributed by atoms with Crippen LogP contribution in [0, 0.1) is 13.8 Å². The van der Waals surface area contributed by atoms with Gasteiger partial charge in [-0.3, -0.25) is 4.98 Å². The van der Waals surface area contributed by atoms with Gasteiger partial charge in [0, 0.05) is 27.8 Å². The van der Waals surface area contributed by atoms with Gasteiger partial charge in [0.15, 0.2) is 0 Å². The van der Waals surface area contributed by atoms with Gasteiger partial charge in [-0.25, -0.2) is 4.57 Å². The summed E-state index contributed by atoms with van der Waals surface area (Å²) >= 11 is 0. The van der Waals surface area contributed by atoms with Crippen LogP contribution in [0.1, 0.15) is 87.0 Å². The summed E-state index contributed by atoms with van der Waals surface area (Å²) < 4.78 is 4.78. The van der Waals surface area contributed by atoms with Crippen LogP contribution in [0.2, 0.25) is 0 Å². The highest BCUT2D eigenvalue weighted by atomic mass is 15.1. The number of hydrogen-bond donors (Lipinski definition) is 0. The van der Waals surface area contributed by atoms with E-state index in [0.29, 0.717) is 11.8 Å². The summed E-state index contributed by atoms with van der Waals surface area (Å²) in [6, 6.07) is 24.6. The lowest BCUT2D eigenvalue weighted by Crippen LogP contribution is -2.31. The van der Waals surface area contributed by atoms with E-state index >= 15 is 0 Å². The first kappa shape index (κ1) is 27.2. The summed E-state index contributed by atoms with van der Waals surface area (Å²) in [4.78, 5) is 5.08. The standard InChI is InChI=1S/C38H42N3/c1-23(2)31-21-28(27-13-11-10-12-14-27)22-32(24(3)4)35(31)41-20-19-40(9)37(41)33-25(5)15-17-29-30-18-16-26(6)39-36(30)38(7,8)34(29)33/h10-24H,1-9H3/q+1. The largest absolute Gasteiger partial charge is 0.294 e. The van der Waals surface area contributed by atoms with Crippen LogP contribution in [0.25, 0.3) is 39.3 Å². The van der Waals surface area contributed by atoms with Gasteiger partial charge in [-0.05, 0) is 71.7 Å². The second-order valence-corrected chi connectivity index (χ2v) is 12.9. The smallest absolute Gasteiger partial charge is 0.257 e. The Balaban J connectivity index is 1.67. The van der Waals surface area contributed by atoms with Crippen molar-refractivity contribution in [1.82, 2.24) is 9.55 Å². The number of nitrogens with zero attached hydrogens (tertiary/aromatic N) is 3. The SMILES string of the molecule is Cc1ccc2c(n1)C(C)(C)c1c-2ccc(C)c1-c1n(-c2c(C(C)C)cc(-c3ccccc3)cc2C(C)C)cc[n+]1C. The normalized spacial score (nSPS) is 13.6. The number of benzene rings is 3. The van der Waals surface area contributed by atoms with Crippen LogP contribution >= 0.6 is 0 Å². The fourth-order valence-corrected chi connectivity index (χ4v) is 6.83. The van der Waals surface area contributed by atoms with Crippen molar-refractivity contribution < 1.29 is 4.57 Å². The van der Waals surface area contributed by atoms with Crippen molar-refractivity contribution >= 4 is 0 Å². The Kier molecular flexibility index (Phi) is 6.53. The molecule has 1 aliphatic carbocycles. The summed E-state index contributed by atoms with van der Waals surface area (Å²) in [7, 11) is 2.19. The molecule has 0 saturated carbocycles. The fourth-order valence-electron chi connectivity index (χ4n) is 6.83. The zero-order chi connectivity index (χ0) is 29.2. The van der Waals surface area contributed by atoms with Gasteiger partial charge in [-0.1, -0.05) is 90.1 Å². The molecule has 0 aliphatic heterocycles. The Labute approximate surface area is 245 Å². The average Bonchev–Trinajstić information content (AvgIpc) is 3.42. The van der Waals surface area contributed by atoms with Gasteiger partial charge >= 0.3 is 0 Å². The zero-order valence-corrected chi connectivity index (χ0v) is 26.0. The number of aromatic nitrogens is 3. The molecular weight excluding hydrogens is 498 g/mol. The molecule has 0 unspecified atom stereocenters. The number of fused-ring (bicyclic) bond motifs is 3. The third kappa shape index (κ3) is 4.25. The van der Waals surface area contributed by atoms with Gasteiger partial charge in [-0.2, -0.15) is 4.57 Å². The van der Waals surface area contributed by atoms with Crippen LogP contribution in [0.3, 0.4) is 0 Å². The molecule has 0 atom stereocenters.